The number of methoxy groups -OCH3 is 2. The van der Waals surface area contributed by atoms with E-state index >= 15 is 0 Å². The van der Waals surface area contributed by atoms with E-state index in [0.717, 1.165) is 37.1 Å². The van der Waals surface area contributed by atoms with Gasteiger partial charge in [0, 0.05) is 43.9 Å². The third-order valence-electron chi connectivity index (χ3n) is 10.8. The maximum Gasteiger partial charge on any atom is 0.305 e. The number of hydrogen-bond acceptors (Lipinski definition) is 9. The van der Waals surface area contributed by atoms with Gasteiger partial charge in [-0.15, -0.1) is 9.46 Å². The number of nitrogens with zero attached hydrogens (tertiary/aromatic N) is 5. The van der Waals surface area contributed by atoms with Crippen molar-refractivity contribution in [3.05, 3.63) is 76.1 Å². The van der Waals surface area contributed by atoms with E-state index in [2.05, 4.69) is 43.4 Å². The molecule has 1 unspecified atom stereocenters. The van der Waals surface area contributed by atoms with Crippen LogP contribution in [0.3, 0.4) is 0 Å². The molecule has 2 aromatic heterocycles. The van der Waals surface area contributed by atoms with Crippen LogP contribution >= 0.6 is 11.6 Å². The van der Waals surface area contributed by atoms with Crippen molar-refractivity contribution in [2.45, 2.75) is 57.0 Å². The molecule has 2 aliphatic carbocycles. The fraction of sp³-hybridized carbons (Fsp3) is 0.514. The number of fused-ring (bicyclic) bond motifs is 4. The molecular weight excluding hydrogens is 692 g/mol. The molecule has 51 heavy (non-hydrogen) atoms. The first-order valence-electron chi connectivity index (χ1n) is 17.6. The Morgan fingerprint density at radius 1 is 1.20 bits per heavy atom. The van der Waals surface area contributed by atoms with Crippen molar-refractivity contribution in [3.8, 4) is 11.6 Å². The molecule has 1 aromatic carbocycles. The second kappa shape index (κ2) is 14.2. The molecule has 0 radical (unpaired) electrons. The number of aryl methyl sites for hydroxylation is 2. The number of carbonyl (C=O) groups excluding carboxylic acids is 2. The Morgan fingerprint density at radius 3 is 2.80 bits per heavy atom. The van der Waals surface area contributed by atoms with E-state index in [1.165, 1.54) is 29.1 Å². The van der Waals surface area contributed by atoms with E-state index in [1.807, 2.05) is 13.0 Å². The first kappa shape index (κ1) is 35.5. The van der Waals surface area contributed by atoms with E-state index < -0.39 is 21.7 Å². The normalized spacial score (nSPS) is 29.7. The number of amides is 2. The van der Waals surface area contributed by atoms with Gasteiger partial charge in [-0.05, 0) is 91.7 Å². The molecule has 4 heterocycles. The number of pyridine rings is 1. The van der Waals surface area contributed by atoms with Gasteiger partial charge in [-0.3, -0.25) is 19.0 Å². The minimum atomic E-state index is -3.63. The van der Waals surface area contributed by atoms with Crippen LogP contribution in [0, 0.1) is 17.8 Å². The zero-order valence-electron chi connectivity index (χ0n) is 29.5. The lowest BCUT2D eigenvalue weighted by Gasteiger charge is -2.45. The van der Waals surface area contributed by atoms with Crippen LogP contribution in [0.4, 0.5) is 5.82 Å². The quantitative estimate of drug-likeness (QED) is 0.343. The summed E-state index contributed by atoms with van der Waals surface area (Å²) in [6.07, 6.45) is 11.1. The molecule has 2 aliphatic heterocycles. The predicted molar refractivity (Wildman–Crippen MR) is 195 cm³/mol. The molecule has 14 heteroatoms. The van der Waals surface area contributed by atoms with Gasteiger partial charge in [0.2, 0.25) is 5.88 Å². The number of benzene rings is 1. The van der Waals surface area contributed by atoms with Crippen molar-refractivity contribution in [2.75, 3.05) is 44.6 Å². The Labute approximate surface area is 304 Å². The van der Waals surface area contributed by atoms with Crippen LogP contribution in [0.2, 0.25) is 5.02 Å². The molecule has 4 aliphatic rings. The lowest BCUT2D eigenvalue weighted by Crippen LogP contribution is -2.49. The molecule has 1 saturated carbocycles. The molecule has 7 rings (SSSR count). The largest absolute Gasteiger partial charge is 0.489 e. The highest BCUT2D eigenvalue weighted by molar-refractivity contribution is 7.92. The van der Waals surface area contributed by atoms with E-state index in [1.54, 1.807) is 26.3 Å². The Bertz CT molecular complexity index is 1990. The lowest BCUT2D eigenvalue weighted by molar-refractivity contribution is 0.0131. The molecule has 6 atom stereocenters. The first-order valence-corrected chi connectivity index (χ1v) is 19.6. The van der Waals surface area contributed by atoms with Gasteiger partial charge in [0.1, 0.15) is 21.2 Å². The number of rotatable bonds is 4. The number of aromatic nitrogens is 3. The van der Waals surface area contributed by atoms with Gasteiger partial charge in [-0.1, -0.05) is 36.7 Å². The molecule has 2 amide bonds. The van der Waals surface area contributed by atoms with E-state index in [4.69, 9.17) is 30.8 Å². The average Bonchev–Trinajstić information content (AvgIpc) is 3.40. The van der Waals surface area contributed by atoms with Gasteiger partial charge in [0.15, 0.2) is 11.6 Å². The third-order valence-corrected chi connectivity index (χ3v) is 13.0. The summed E-state index contributed by atoms with van der Waals surface area (Å²) < 4.78 is 40.6. The maximum absolute atomic E-state index is 14.5. The van der Waals surface area contributed by atoms with Gasteiger partial charge in [-0.2, -0.15) is 0 Å². The molecule has 272 valence electrons. The van der Waals surface area contributed by atoms with Gasteiger partial charge < -0.3 is 19.1 Å². The number of carbonyl (C=O) groups is 2. The minimum absolute atomic E-state index is 0.0228. The van der Waals surface area contributed by atoms with Crippen LogP contribution in [0.5, 0.6) is 11.6 Å². The number of ether oxygens (including phenoxy) is 3. The van der Waals surface area contributed by atoms with Crippen molar-refractivity contribution < 1.29 is 28.0 Å². The fourth-order valence-corrected chi connectivity index (χ4v) is 10.3. The van der Waals surface area contributed by atoms with E-state index in [9.17, 15) is 13.8 Å². The zero-order chi connectivity index (χ0) is 35.9. The van der Waals surface area contributed by atoms with Gasteiger partial charge in [0.05, 0.1) is 25.6 Å². The second-order valence-corrected chi connectivity index (χ2v) is 16.9. The van der Waals surface area contributed by atoms with Gasteiger partial charge in [-0.25, -0.2) is 9.19 Å². The summed E-state index contributed by atoms with van der Waals surface area (Å²) in [6.45, 7) is 3.72. The maximum atomic E-state index is 14.5. The van der Waals surface area contributed by atoms with Gasteiger partial charge in [0.25, 0.3) is 5.91 Å². The standard InChI is InChI=1S/C37H45ClN6O6S/c1-23-7-5-9-31(48-3)27-12-10-25(27)18-44-21-37(16-6-8-24-17-26(38)11-13-29(24)37)22-50-32-15-14-30(39-33(32)44)35(46)42-51(47,20-23)41-34(45)28-19-43(2)40-36(28)49-4/h5,9,11,13-15,17,19,23,25,27,31H,6-8,10,12,16,18,20-22H2,1-4H3,(H,41,42,45,46,47)/b9-5+/t23-,25-,27+,31-,37-,51?/m0/s1. The highest BCUT2D eigenvalue weighted by Gasteiger charge is 2.45. The molecule has 12 nitrogen and oxygen atoms in total. The SMILES string of the molecule is COc1nn(C)cc1C(=O)NS1(=O)=NC(=O)c2ccc3c(n2)N(C[C@@H]2CC[C@H]2[C@@H](OC)/C=C/C[C@H](C)C1)C[C@@]1(CCCc2cc(Cl)ccc21)CO3. The first-order chi connectivity index (χ1) is 24.5. The smallest absolute Gasteiger partial charge is 0.305 e. The Kier molecular flexibility index (Phi) is 9.90. The van der Waals surface area contributed by atoms with Crippen LogP contribution in [0.1, 0.15) is 71.0 Å². The van der Waals surface area contributed by atoms with Crippen molar-refractivity contribution in [1.29, 1.82) is 0 Å². The van der Waals surface area contributed by atoms with Gasteiger partial charge >= 0.3 is 5.91 Å². The topological polar surface area (TPSA) is 137 Å². The molecule has 1 spiro atoms. The van der Waals surface area contributed by atoms with Crippen molar-refractivity contribution >= 4 is 39.1 Å². The lowest BCUT2D eigenvalue weighted by atomic mass is 9.68. The molecule has 3 aromatic rings. The van der Waals surface area contributed by atoms with Crippen LogP contribution < -0.4 is 19.1 Å². The molecule has 1 N–H and O–H groups in total. The molecule has 1 fully saturated rings. The summed E-state index contributed by atoms with van der Waals surface area (Å²) in [6, 6.07) is 9.48. The van der Waals surface area contributed by atoms with E-state index in [-0.39, 0.29) is 40.3 Å². The predicted octanol–water partition coefficient (Wildman–Crippen LogP) is 5.54. The highest BCUT2D eigenvalue weighted by Crippen LogP contribution is 2.46. The number of nitrogens with one attached hydrogen (secondary N) is 1. The molecule has 2 bridgehead atoms. The Hall–Kier alpha value is -3.94. The second-order valence-electron chi connectivity index (χ2n) is 14.5. The average molecular weight is 737 g/mol. The number of hydrogen-bond donors (Lipinski definition) is 1. The molecule has 0 saturated heterocycles. The fourth-order valence-electron chi connectivity index (χ4n) is 8.19. The summed E-state index contributed by atoms with van der Waals surface area (Å²) in [5.74, 6) is 0.0963. The van der Waals surface area contributed by atoms with Crippen molar-refractivity contribution in [1.82, 2.24) is 19.5 Å². The summed E-state index contributed by atoms with van der Waals surface area (Å²) in [7, 11) is 1.15. The third kappa shape index (κ3) is 7.12. The summed E-state index contributed by atoms with van der Waals surface area (Å²) >= 11 is 6.44. The summed E-state index contributed by atoms with van der Waals surface area (Å²) in [5.41, 5.74) is 2.27. The highest BCUT2D eigenvalue weighted by atomic mass is 35.5. The Morgan fingerprint density at radius 2 is 2.04 bits per heavy atom. The van der Waals surface area contributed by atoms with Crippen LogP contribution in [0.25, 0.3) is 0 Å². The summed E-state index contributed by atoms with van der Waals surface area (Å²) in [4.78, 5) is 34.6. The zero-order valence-corrected chi connectivity index (χ0v) is 31.0. The van der Waals surface area contributed by atoms with Crippen molar-refractivity contribution in [3.63, 3.8) is 0 Å². The Balaban J connectivity index is 1.31. The monoisotopic (exact) mass is 736 g/mol. The minimum Gasteiger partial charge on any atom is -0.489 e. The van der Waals surface area contributed by atoms with E-state index in [0.29, 0.717) is 49.5 Å². The van der Waals surface area contributed by atoms with Crippen LogP contribution in [-0.4, -0.2) is 76.6 Å². The summed E-state index contributed by atoms with van der Waals surface area (Å²) in [5, 5.41) is 4.86. The number of allylic oxidation sites excluding steroid dienone is 1. The van der Waals surface area contributed by atoms with Crippen LogP contribution in [0.15, 0.2) is 53.0 Å². The molecular formula is C37H45ClN6O6S. The van der Waals surface area contributed by atoms with Crippen molar-refractivity contribution in [2.24, 2.45) is 29.2 Å². The number of halogens is 1. The number of anilines is 1. The van der Waals surface area contributed by atoms with Crippen LogP contribution in [-0.2, 0) is 33.5 Å².